The van der Waals surface area contributed by atoms with Gasteiger partial charge in [0, 0.05) is 25.4 Å². The third-order valence-corrected chi connectivity index (χ3v) is 5.36. The Morgan fingerprint density at radius 2 is 1.86 bits per heavy atom. The Morgan fingerprint density at radius 1 is 1.17 bits per heavy atom. The van der Waals surface area contributed by atoms with Crippen molar-refractivity contribution in [2.45, 2.75) is 45.4 Å². The van der Waals surface area contributed by atoms with Crippen LogP contribution in [0.15, 0.2) is 79.2 Å². The Balaban J connectivity index is 1.68. The van der Waals surface area contributed by atoms with E-state index in [4.69, 9.17) is 9.47 Å². The molecule has 1 aliphatic rings. The molecule has 0 bridgehead atoms. The van der Waals surface area contributed by atoms with E-state index in [2.05, 4.69) is 21.9 Å². The van der Waals surface area contributed by atoms with Crippen LogP contribution < -0.4 is 15.0 Å². The molecular formula is C27H32F2N4O3. The summed E-state index contributed by atoms with van der Waals surface area (Å²) in [7, 11) is 0. The van der Waals surface area contributed by atoms with Gasteiger partial charge < -0.3 is 19.7 Å². The third kappa shape index (κ3) is 8.48. The summed E-state index contributed by atoms with van der Waals surface area (Å²) in [5.41, 5.74) is 0.354. The highest BCUT2D eigenvalue weighted by molar-refractivity contribution is 5.68. The van der Waals surface area contributed by atoms with Crippen molar-refractivity contribution >= 4 is 12.0 Å². The lowest BCUT2D eigenvalue weighted by atomic mass is 9.99. The van der Waals surface area contributed by atoms with Crippen LogP contribution in [0.5, 0.6) is 5.75 Å². The highest BCUT2D eigenvalue weighted by Gasteiger charge is 2.36. The van der Waals surface area contributed by atoms with Crippen LogP contribution in [0, 0.1) is 5.92 Å². The number of nitrogens with zero attached hydrogens (tertiary/aromatic N) is 3. The first-order valence-corrected chi connectivity index (χ1v) is 11.7. The lowest BCUT2D eigenvalue weighted by Crippen LogP contribution is -2.43. The predicted molar refractivity (Wildman–Crippen MR) is 135 cm³/mol. The minimum absolute atomic E-state index is 0.00381. The predicted octanol–water partition coefficient (Wildman–Crippen LogP) is 5.67. The summed E-state index contributed by atoms with van der Waals surface area (Å²) < 4.78 is 39.0. The molecule has 2 atom stereocenters. The van der Waals surface area contributed by atoms with Crippen LogP contribution in [-0.4, -0.2) is 40.8 Å². The fourth-order valence-corrected chi connectivity index (χ4v) is 3.71. The van der Waals surface area contributed by atoms with Crippen molar-refractivity contribution < 1.29 is 23.0 Å². The molecule has 192 valence electrons. The minimum atomic E-state index is -0.672. The summed E-state index contributed by atoms with van der Waals surface area (Å²) >= 11 is 0. The van der Waals surface area contributed by atoms with Crippen LogP contribution in [0.2, 0.25) is 0 Å². The second-order valence-electron chi connectivity index (χ2n) is 9.48. The molecule has 0 radical (unpaired) electrons. The van der Waals surface area contributed by atoms with E-state index >= 15 is 0 Å². The molecule has 3 rings (SSSR count). The van der Waals surface area contributed by atoms with Crippen molar-refractivity contribution in [3.63, 3.8) is 0 Å². The van der Waals surface area contributed by atoms with Gasteiger partial charge in [0.25, 0.3) is 0 Å². The van der Waals surface area contributed by atoms with Crippen LogP contribution in [0.4, 0.5) is 19.5 Å². The van der Waals surface area contributed by atoms with E-state index in [1.807, 2.05) is 35.2 Å². The fraction of sp³-hybridized carbons (Fsp3) is 0.370. The number of hydrogen-bond acceptors (Lipinski definition) is 6. The van der Waals surface area contributed by atoms with E-state index in [-0.39, 0.29) is 12.3 Å². The highest BCUT2D eigenvalue weighted by Crippen LogP contribution is 2.28. The van der Waals surface area contributed by atoms with Gasteiger partial charge in [-0.25, -0.2) is 23.5 Å². The maximum absolute atomic E-state index is 14.5. The zero-order chi connectivity index (χ0) is 26.1. The highest BCUT2D eigenvalue weighted by atomic mass is 19.1. The van der Waals surface area contributed by atoms with Crippen LogP contribution in [0.3, 0.4) is 0 Å². The van der Waals surface area contributed by atoms with Gasteiger partial charge in [0.2, 0.25) is 5.95 Å². The summed E-state index contributed by atoms with van der Waals surface area (Å²) in [4.78, 5) is 23.1. The molecule has 7 nitrogen and oxygen atoms in total. The summed E-state index contributed by atoms with van der Waals surface area (Å²) in [6.07, 6.45) is 5.65. The zero-order valence-corrected chi connectivity index (χ0v) is 20.8. The number of benzene rings is 1. The van der Waals surface area contributed by atoms with E-state index in [1.54, 1.807) is 33.2 Å². The lowest BCUT2D eigenvalue weighted by molar-refractivity contribution is 0.0497. The van der Waals surface area contributed by atoms with Crippen molar-refractivity contribution in [2.24, 2.45) is 5.92 Å². The van der Waals surface area contributed by atoms with Gasteiger partial charge in [0.15, 0.2) is 5.75 Å². The molecule has 2 heterocycles. The number of ether oxygens (including phenoxy) is 2. The number of halogens is 2. The van der Waals surface area contributed by atoms with E-state index in [0.29, 0.717) is 31.4 Å². The summed E-state index contributed by atoms with van der Waals surface area (Å²) in [5.74, 6) is -0.508. The SMILES string of the molecule is C=C/C(F)=C\C=C(\F)C[C@H]1CN(c2ncc(OCc3ccccc3)cn2)C[C@@H]1NC(=O)OC(C)(C)C. The number of amides is 1. The Labute approximate surface area is 210 Å². The monoisotopic (exact) mass is 498 g/mol. The molecule has 1 aromatic carbocycles. The Kier molecular flexibility index (Phi) is 9.16. The topological polar surface area (TPSA) is 76.6 Å². The number of carbonyl (C=O) groups is 1. The quantitative estimate of drug-likeness (QED) is 0.449. The molecular weight excluding hydrogens is 466 g/mol. The van der Waals surface area contributed by atoms with Crippen LogP contribution in [-0.2, 0) is 11.3 Å². The molecule has 1 aromatic heterocycles. The van der Waals surface area contributed by atoms with Gasteiger partial charge in [-0.05, 0) is 44.6 Å². The molecule has 1 amide bonds. The number of allylic oxidation sites excluding steroid dienone is 5. The number of rotatable bonds is 9. The van der Waals surface area contributed by atoms with Crippen molar-refractivity contribution in [1.29, 1.82) is 0 Å². The largest absolute Gasteiger partial charge is 0.486 e. The van der Waals surface area contributed by atoms with Gasteiger partial charge in [-0.2, -0.15) is 0 Å². The van der Waals surface area contributed by atoms with Gasteiger partial charge in [0.05, 0.1) is 18.4 Å². The lowest BCUT2D eigenvalue weighted by Gasteiger charge is -2.23. The first kappa shape index (κ1) is 26.8. The number of anilines is 1. The fourth-order valence-electron chi connectivity index (χ4n) is 3.71. The minimum Gasteiger partial charge on any atom is -0.486 e. The molecule has 1 aliphatic heterocycles. The van der Waals surface area contributed by atoms with Crippen molar-refractivity contribution in [2.75, 3.05) is 18.0 Å². The second-order valence-corrected chi connectivity index (χ2v) is 9.48. The van der Waals surface area contributed by atoms with Gasteiger partial charge in [-0.3, -0.25) is 0 Å². The second kappa shape index (κ2) is 12.3. The summed E-state index contributed by atoms with van der Waals surface area (Å²) in [6, 6.07) is 9.32. The Hall–Kier alpha value is -3.75. The molecule has 0 spiro atoms. The van der Waals surface area contributed by atoms with Crippen molar-refractivity contribution in [3.8, 4) is 5.75 Å². The molecule has 1 saturated heterocycles. The maximum Gasteiger partial charge on any atom is 0.407 e. The molecule has 0 aliphatic carbocycles. The first-order chi connectivity index (χ1) is 17.1. The molecule has 1 N–H and O–H groups in total. The van der Waals surface area contributed by atoms with Crippen LogP contribution >= 0.6 is 0 Å². The van der Waals surface area contributed by atoms with E-state index in [0.717, 1.165) is 23.8 Å². The van der Waals surface area contributed by atoms with Gasteiger partial charge in [0.1, 0.15) is 23.9 Å². The maximum atomic E-state index is 14.5. The average molecular weight is 499 g/mol. The smallest absolute Gasteiger partial charge is 0.407 e. The number of aromatic nitrogens is 2. The number of carbonyl (C=O) groups excluding carboxylic acids is 1. The van der Waals surface area contributed by atoms with E-state index in [1.165, 1.54) is 0 Å². The summed E-state index contributed by atoms with van der Waals surface area (Å²) in [6.45, 7) is 9.75. The third-order valence-electron chi connectivity index (χ3n) is 5.36. The Morgan fingerprint density at radius 3 is 2.50 bits per heavy atom. The van der Waals surface area contributed by atoms with Crippen LogP contribution in [0.1, 0.15) is 32.8 Å². The van der Waals surface area contributed by atoms with E-state index < -0.39 is 29.4 Å². The van der Waals surface area contributed by atoms with Crippen molar-refractivity contribution in [3.05, 3.63) is 84.7 Å². The van der Waals surface area contributed by atoms with Gasteiger partial charge >= 0.3 is 6.09 Å². The molecule has 9 heteroatoms. The van der Waals surface area contributed by atoms with Crippen LogP contribution in [0.25, 0.3) is 0 Å². The Bertz CT molecular complexity index is 1080. The molecule has 36 heavy (non-hydrogen) atoms. The zero-order valence-electron chi connectivity index (χ0n) is 20.8. The molecule has 2 aromatic rings. The van der Waals surface area contributed by atoms with E-state index in [9.17, 15) is 13.6 Å². The number of hydrogen-bond donors (Lipinski definition) is 1. The number of nitrogens with one attached hydrogen (secondary N) is 1. The summed E-state index contributed by atoms with van der Waals surface area (Å²) in [5, 5.41) is 2.83. The molecule has 0 unspecified atom stereocenters. The average Bonchev–Trinajstić information content (AvgIpc) is 3.22. The normalized spacial score (nSPS) is 18.6. The molecule has 0 saturated carbocycles. The first-order valence-electron chi connectivity index (χ1n) is 11.7. The standard InChI is InChI=1S/C27H32F2N4O3/c1-5-21(28)11-12-22(29)13-20-16-33(17-24(20)32-26(34)36-27(2,3)4)25-30-14-23(15-31-25)35-18-19-9-7-6-8-10-19/h5-12,14-15,20,24H,1,13,16-18H2,2-4H3,(H,32,34)/b21-11+,22-12+/t20-,24-/m0/s1. The van der Waals surface area contributed by atoms with Crippen molar-refractivity contribution in [1.82, 2.24) is 15.3 Å². The number of alkyl carbamates (subject to hydrolysis) is 1. The van der Waals surface area contributed by atoms with Gasteiger partial charge in [-0.15, -0.1) is 0 Å². The van der Waals surface area contributed by atoms with Gasteiger partial charge in [-0.1, -0.05) is 36.9 Å². The molecule has 1 fully saturated rings.